The molecule has 0 radical (unpaired) electrons. The van der Waals surface area contributed by atoms with E-state index in [2.05, 4.69) is 5.32 Å². The number of carboxylic acids is 1. The number of aromatic carboxylic acids is 1. The number of carbonyl (C=O) groups excluding carboxylic acids is 1. The molecule has 1 aromatic carbocycles. The number of nitrogens with one attached hydrogen (secondary N) is 1. The van der Waals surface area contributed by atoms with Gasteiger partial charge in [-0.3, -0.25) is 4.79 Å². The van der Waals surface area contributed by atoms with E-state index in [9.17, 15) is 9.59 Å². The molecule has 1 amide bonds. The van der Waals surface area contributed by atoms with Crippen LogP contribution in [0, 0.1) is 0 Å². The third-order valence-electron chi connectivity index (χ3n) is 2.40. The van der Waals surface area contributed by atoms with Crippen molar-refractivity contribution in [2.75, 3.05) is 0 Å². The molecule has 0 spiro atoms. The summed E-state index contributed by atoms with van der Waals surface area (Å²) >= 11 is 0. The topological polar surface area (TPSA) is 79.5 Å². The maximum atomic E-state index is 11.7. The number of carboxylic acid groups (broad SMARTS) is 1. The van der Waals surface area contributed by atoms with Crippen molar-refractivity contribution in [2.24, 2.45) is 0 Å². The molecule has 0 aliphatic heterocycles. The van der Waals surface area contributed by atoms with E-state index < -0.39 is 5.97 Å². The Morgan fingerprint density at radius 1 is 1.11 bits per heavy atom. The first-order valence-electron chi connectivity index (χ1n) is 5.31. The van der Waals surface area contributed by atoms with Crippen LogP contribution in [0.5, 0.6) is 0 Å². The fraction of sp³-hybridized carbons (Fsp3) is 0.0769. The van der Waals surface area contributed by atoms with E-state index in [1.54, 1.807) is 12.1 Å². The summed E-state index contributed by atoms with van der Waals surface area (Å²) in [6, 6.07) is 9.23. The fourth-order valence-corrected chi connectivity index (χ4v) is 1.45. The first-order chi connectivity index (χ1) is 8.66. The number of rotatable bonds is 4. The van der Waals surface area contributed by atoms with Crippen molar-refractivity contribution in [1.82, 2.24) is 5.32 Å². The van der Waals surface area contributed by atoms with Gasteiger partial charge in [-0.15, -0.1) is 0 Å². The Labute approximate surface area is 103 Å². The van der Waals surface area contributed by atoms with Crippen LogP contribution in [0.4, 0.5) is 0 Å². The monoisotopic (exact) mass is 245 g/mol. The highest BCUT2D eigenvalue weighted by atomic mass is 16.4. The summed E-state index contributed by atoms with van der Waals surface area (Å²) in [4.78, 5) is 22.4. The van der Waals surface area contributed by atoms with Crippen LogP contribution in [0.1, 0.15) is 26.5 Å². The normalized spacial score (nSPS) is 10.0. The molecule has 2 rings (SSSR count). The molecule has 18 heavy (non-hydrogen) atoms. The molecule has 0 atom stereocenters. The summed E-state index contributed by atoms with van der Waals surface area (Å²) in [5.74, 6) is -0.633. The highest BCUT2D eigenvalue weighted by Crippen LogP contribution is 2.05. The van der Waals surface area contributed by atoms with Crippen molar-refractivity contribution in [3.05, 3.63) is 59.5 Å². The Morgan fingerprint density at radius 2 is 1.78 bits per heavy atom. The van der Waals surface area contributed by atoms with Gasteiger partial charge < -0.3 is 14.8 Å². The SMILES string of the molecule is O=C(O)c1ccc(C(=O)NCc2ccco2)cc1. The largest absolute Gasteiger partial charge is 0.478 e. The van der Waals surface area contributed by atoms with Gasteiger partial charge in [0.15, 0.2) is 0 Å². The molecule has 0 bridgehead atoms. The van der Waals surface area contributed by atoms with Crippen molar-refractivity contribution in [3.63, 3.8) is 0 Å². The predicted molar refractivity (Wildman–Crippen MR) is 63.3 cm³/mol. The minimum atomic E-state index is -1.02. The molecular formula is C13H11NO4. The van der Waals surface area contributed by atoms with Gasteiger partial charge in [0.2, 0.25) is 0 Å². The molecule has 2 aromatic rings. The van der Waals surface area contributed by atoms with Crippen LogP contribution >= 0.6 is 0 Å². The zero-order chi connectivity index (χ0) is 13.0. The smallest absolute Gasteiger partial charge is 0.335 e. The average Bonchev–Trinajstić information content (AvgIpc) is 2.89. The van der Waals surface area contributed by atoms with E-state index in [1.165, 1.54) is 30.5 Å². The van der Waals surface area contributed by atoms with Crippen LogP contribution in [0.3, 0.4) is 0 Å². The highest BCUT2D eigenvalue weighted by Gasteiger charge is 2.08. The van der Waals surface area contributed by atoms with Gasteiger partial charge in [0.1, 0.15) is 5.76 Å². The molecular weight excluding hydrogens is 234 g/mol. The standard InChI is InChI=1S/C13H11NO4/c15-12(14-8-11-2-1-7-18-11)9-3-5-10(6-4-9)13(16)17/h1-7H,8H2,(H,14,15)(H,16,17). The highest BCUT2D eigenvalue weighted by molar-refractivity contribution is 5.95. The van der Waals surface area contributed by atoms with Crippen molar-refractivity contribution < 1.29 is 19.1 Å². The molecule has 0 saturated heterocycles. The van der Waals surface area contributed by atoms with Gasteiger partial charge in [-0.2, -0.15) is 0 Å². The number of furan rings is 1. The molecule has 0 fully saturated rings. The van der Waals surface area contributed by atoms with Crippen LogP contribution in [0.25, 0.3) is 0 Å². The zero-order valence-electron chi connectivity index (χ0n) is 9.42. The lowest BCUT2D eigenvalue weighted by atomic mass is 10.1. The summed E-state index contributed by atoms with van der Waals surface area (Å²) in [6.07, 6.45) is 1.53. The van der Waals surface area contributed by atoms with Crippen LogP contribution in [-0.4, -0.2) is 17.0 Å². The van der Waals surface area contributed by atoms with E-state index in [1.807, 2.05) is 0 Å². The summed E-state index contributed by atoms with van der Waals surface area (Å²) in [5.41, 5.74) is 0.559. The number of hydrogen-bond donors (Lipinski definition) is 2. The lowest BCUT2D eigenvalue weighted by Crippen LogP contribution is -2.22. The first-order valence-corrected chi connectivity index (χ1v) is 5.31. The Balaban J connectivity index is 1.98. The molecule has 5 nitrogen and oxygen atoms in total. The summed E-state index contributed by atoms with van der Waals surface area (Å²) in [6.45, 7) is 0.298. The number of benzene rings is 1. The van der Waals surface area contributed by atoms with E-state index >= 15 is 0 Å². The van der Waals surface area contributed by atoms with E-state index in [-0.39, 0.29) is 11.5 Å². The van der Waals surface area contributed by atoms with Gasteiger partial charge in [-0.1, -0.05) is 0 Å². The third-order valence-corrected chi connectivity index (χ3v) is 2.40. The number of carbonyl (C=O) groups is 2. The fourth-order valence-electron chi connectivity index (χ4n) is 1.45. The minimum Gasteiger partial charge on any atom is -0.478 e. The molecule has 0 aliphatic carbocycles. The molecule has 1 aromatic heterocycles. The molecule has 1 heterocycles. The van der Waals surface area contributed by atoms with Crippen LogP contribution in [0.15, 0.2) is 47.1 Å². The summed E-state index contributed by atoms with van der Waals surface area (Å²) in [7, 11) is 0. The second kappa shape index (κ2) is 5.18. The van der Waals surface area contributed by atoms with Crippen molar-refractivity contribution >= 4 is 11.9 Å². The predicted octanol–water partition coefficient (Wildman–Crippen LogP) is 1.91. The van der Waals surface area contributed by atoms with E-state index in [0.29, 0.717) is 17.9 Å². The summed E-state index contributed by atoms with van der Waals surface area (Å²) < 4.78 is 5.08. The Hall–Kier alpha value is -2.56. The number of amides is 1. The van der Waals surface area contributed by atoms with Crippen molar-refractivity contribution in [2.45, 2.75) is 6.54 Å². The Bertz CT molecular complexity index is 543. The summed E-state index contributed by atoms with van der Waals surface area (Å²) in [5, 5.41) is 11.4. The number of hydrogen-bond acceptors (Lipinski definition) is 3. The maximum Gasteiger partial charge on any atom is 0.335 e. The molecule has 5 heteroatoms. The van der Waals surface area contributed by atoms with E-state index in [4.69, 9.17) is 9.52 Å². The third kappa shape index (κ3) is 2.76. The quantitative estimate of drug-likeness (QED) is 0.862. The van der Waals surface area contributed by atoms with Crippen molar-refractivity contribution in [1.29, 1.82) is 0 Å². The van der Waals surface area contributed by atoms with Gasteiger partial charge in [-0.25, -0.2) is 4.79 Å². The second-order valence-electron chi connectivity index (χ2n) is 3.64. The van der Waals surface area contributed by atoms with Crippen LogP contribution < -0.4 is 5.32 Å². The van der Waals surface area contributed by atoms with Gasteiger partial charge in [0.25, 0.3) is 5.91 Å². The lowest BCUT2D eigenvalue weighted by Gasteiger charge is -2.03. The van der Waals surface area contributed by atoms with Gasteiger partial charge in [-0.05, 0) is 36.4 Å². The average molecular weight is 245 g/mol. The molecule has 2 N–H and O–H groups in total. The van der Waals surface area contributed by atoms with Crippen LogP contribution in [-0.2, 0) is 6.54 Å². The van der Waals surface area contributed by atoms with Crippen molar-refractivity contribution in [3.8, 4) is 0 Å². The molecule has 0 unspecified atom stereocenters. The second-order valence-corrected chi connectivity index (χ2v) is 3.64. The maximum absolute atomic E-state index is 11.7. The van der Waals surface area contributed by atoms with Gasteiger partial charge in [0.05, 0.1) is 18.4 Å². The first kappa shape index (κ1) is 11.9. The van der Waals surface area contributed by atoms with E-state index in [0.717, 1.165) is 0 Å². The van der Waals surface area contributed by atoms with Crippen LogP contribution in [0.2, 0.25) is 0 Å². The molecule has 92 valence electrons. The Kier molecular flexibility index (Phi) is 3.43. The van der Waals surface area contributed by atoms with Gasteiger partial charge >= 0.3 is 5.97 Å². The molecule has 0 saturated carbocycles. The Morgan fingerprint density at radius 3 is 2.33 bits per heavy atom. The zero-order valence-corrected chi connectivity index (χ0v) is 9.42. The molecule has 0 aliphatic rings. The minimum absolute atomic E-state index is 0.151. The lowest BCUT2D eigenvalue weighted by molar-refractivity contribution is 0.0696. The van der Waals surface area contributed by atoms with Gasteiger partial charge in [0, 0.05) is 5.56 Å².